The third-order valence-corrected chi connectivity index (χ3v) is 6.65. The largest absolute Gasteiger partial charge is 0.312 e. The fourth-order valence-electron chi connectivity index (χ4n) is 3.05. The number of hydrogen-bond acceptors (Lipinski definition) is 3. The summed E-state index contributed by atoms with van der Waals surface area (Å²) in [4.78, 5) is 13.5. The molecule has 0 saturated carbocycles. The van der Waals surface area contributed by atoms with E-state index in [4.69, 9.17) is 0 Å². The number of carbonyl (C=O) groups is 1. The minimum absolute atomic E-state index is 0.0910. The number of fused-ring (bicyclic) bond motifs is 1. The number of hydrogen-bond donors (Lipinski definition) is 1. The summed E-state index contributed by atoms with van der Waals surface area (Å²) in [6.07, 6.45) is 0.721. The van der Waals surface area contributed by atoms with Crippen molar-refractivity contribution in [3.05, 3.63) is 51.5 Å². The van der Waals surface area contributed by atoms with E-state index in [1.165, 1.54) is 6.92 Å². The van der Waals surface area contributed by atoms with Gasteiger partial charge >= 0.3 is 0 Å². The molecule has 7 heteroatoms. The van der Waals surface area contributed by atoms with Gasteiger partial charge in [-0.05, 0) is 65.5 Å². The number of benzene rings is 2. The van der Waals surface area contributed by atoms with Gasteiger partial charge in [0.1, 0.15) is 4.90 Å². The van der Waals surface area contributed by atoms with Gasteiger partial charge in [-0.25, -0.2) is 8.42 Å². The Morgan fingerprint density at radius 3 is 2.56 bits per heavy atom. The zero-order chi connectivity index (χ0) is 18.4. The minimum Gasteiger partial charge on any atom is -0.312 e. The Hall–Kier alpha value is -1.86. The van der Waals surface area contributed by atoms with Crippen molar-refractivity contribution in [2.24, 2.45) is 0 Å². The molecule has 1 heterocycles. The van der Waals surface area contributed by atoms with Crippen LogP contribution in [0.15, 0.2) is 39.7 Å². The van der Waals surface area contributed by atoms with Crippen LogP contribution in [-0.4, -0.2) is 20.9 Å². The van der Waals surface area contributed by atoms with Crippen molar-refractivity contribution in [2.45, 2.75) is 32.1 Å². The number of nitrogens with one attached hydrogen (secondary N) is 1. The second-order valence-electron chi connectivity index (χ2n) is 6.26. The van der Waals surface area contributed by atoms with Crippen molar-refractivity contribution in [3.8, 4) is 0 Å². The number of halogens is 1. The summed E-state index contributed by atoms with van der Waals surface area (Å²) in [5.74, 6) is -0.0910. The van der Waals surface area contributed by atoms with E-state index >= 15 is 0 Å². The first-order chi connectivity index (χ1) is 11.7. The predicted molar refractivity (Wildman–Crippen MR) is 103 cm³/mol. The summed E-state index contributed by atoms with van der Waals surface area (Å²) in [6.45, 7) is 5.88. The standard InChI is InChI=1S/C18H19BrN2O3S/c1-11-4-5-16(12(2)8-11)20-25(23,24)18-10-17-14(9-15(18)19)6-7-21(17)13(3)22/h4-5,8-10,20H,6-7H2,1-3H3. The first-order valence-electron chi connectivity index (χ1n) is 7.89. The van der Waals surface area contributed by atoms with E-state index in [1.807, 2.05) is 26.0 Å². The highest BCUT2D eigenvalue weighted by molar-refractivity contribution is 9.10. The Balaban J connectivity index is 2.03. The quantitative estimate of drug-likeness (QED) is 0.817. The molecular formula is C18H19BrN2O3S. The second-order valence-corrected chi connectivity index (χ2v) is 8.76. The highest BCUT2D eigenvalue weighted by Gasteiger charge is 2.27. The lowest BCUT2D eigenvalue weighted by Gasteiger charge is -2.17. The first-order valence-corrected chi connectivity index (χ1v) is 10.2. The van der Waals surface area contributed by atoms with Crippen LogP contribution in [0.5, 0.6) is 0 Å². The number of carbonyl (C=O) groups excluding carboxylic acids is 1. The maximum atomic E-state index is 12.9. The third kappa shape index (κ3) is 3.43. The molecule has 0 unspecified atom stereocenters. The molecule has 3 rings (SSSR count). The summed E-state index contributed by atoms with van der Waals surface area (Å²) in [6, 6.07) is 8.90. The number of nitrogens with zero attached hydrogens (tertiary/aromatic N) is 1. The Morgan fingerprint density at radius 1 is 1.20 bits per heavy atom. The van der Waals surface area contributed by atoms with Gasteiger partial charge in [0.15, 0.2) is 0 Å². The molecule has 2 aromatic carbocycles. The van der Waals surface area contributed by atoms with Crippen LogP contribution < -0.4 is 9.62 Å². The van der Waals surface area contributed by atoms with Crippen LogP contribution in [0.25, 0.3) is 0 Å². The van der Waals surface area contributed by atoms with Gasteiger partial charge in [-0.3, -0.25) is 9.52 Å². The van der Waals surface area contributed by atoms with Gasteiger partial charge in [-0.2, -0.15) is 0 Å². The van der Waals surface area contributed by atoms with Gasteiger partial charge in [0, 0.05) is 23.6 Å². The Labute approximate surface area is 156 Å². The topological polar surface area (TPSA) is 66.5 Å². The molecule has 0 atom stereocenters. The van der Waals surface area contributed by atoms with Crippen LogP contribution in [0.1, 0.15) is 23.6 Å². The molecule has 2 aromatic rings. The van der Waals surface area contributed by atoms with Crippen LogP contribution in [-0.2, 0) is 21.2 Å². The van der Waals surface area contributed by atoms with Crippen molar-refractivity contribution in [1.82, 2.24) is 0 Å². The van der Waals surface area contributed by atoms with Crippen LogP contribution in [0.3, 0.4) is 0 Å². The number of anilines is 2. The molecule has 0 bridgehead atoms. The zero-order valence-corrected chi connectivity index (χ0v) is 16.7. The highest BCUT2D eigenvalue weighted by atomic mass is 79.9. The summed E-state index contributed by atoms with van der Waals surface area (Å²) in [7, 11) is -3.78. The maximum Gasteiger partial charge on any atom is 0.263 e. The highest BCUT2D eigenvalue weighted by Crippen LogP contribution is 2.36. The van der Waals surface area contributed by atoms with Crippen molar-refractivity contribution in [1.29, 1.82) is 0 Å². The summed E-state index contributed by atoms with van der Waals surface area (Å²) in [5, 5.41) is 0. The molecule has 0 radical (unpaired) electrons. The van der Waals surface area contributed by atoms with Crippen molar-refractivity contribution in [2.75, 3.05) is 16.2 Å². The molecule has 1 aliphatic heterocycles. The van der Waals surface area contributed by atoms with E-state index in [0.29, 0.717) is 22.4 Å². The fraction of sp³-hybridized carbons (Fsp3) is 0.278. The van der Waals surface area contributed by atoms with Crippen LogP contribution in [0, 0.1) is 13.8 Å². The molecule has 5 nitrogen and oxygen atoms in total. The van der Waals surface area contributed by atoms with Crippen molar-refractivity contribution < 1.29 is 13.2 Å². The van der Waals surface area contributed by atoms with Gasteiger partial charge in [0.2, 0.25) is 5.91 Å². The summed E-state index contributed by atoms with van der Waals surface area (Å²) < 4.78 is 28.9. The Bertz CT molecular complexity index is 971. The minimum atomic E-state index is -3.78. The summed E-state index contributed by atoms with van der Waals surface area (Å²) >= 11 is 3.36. The molecule has 0 spiro atoms. The van der Waals surface area contributed by atoms with E-state index in [1.54, 1.807) is 23.1 Å². The molecule has 132 valence electrons. The number of aryl methyl sites for hydroxylation is 2. The normalized spacial score (nSPS) is 13.7. The van der Waals surface area contributed by atoms with Crippen LogP contribution >= 0.6 is 15.9 Å². The third-order valence-electron chi connectivity index (χ3n) is 4.32. The molecule has 25 heavy (non-hydrogen) atoms. The monoisotopic (exact) mass is 422 g/mol. The molecule has 0 aromatic heterocycles. The lowest BCUT2D eigenvalue weighted by molar-refractivity contribution is -0.116. The van der Waals surface area contributed by atoms with Gasteiger partial charge in [0.05, 0.1) is 5.69 Å². The van der Waals surface area contributed by atoms with Crippen LogP contribution in [0.4, 0.5) is 11.4 Å². The average molecular weight is 423 g/mol. The number of sulfonamides is 1. The van der Waals surface area contributed by atoms with Crippen molar-refractivity contribution >= 4 is 43.2 Å². The Kier molecular flexibility index (Phi) is 4.64. The van der Waals surface area contributed by atoms with E-state index in [2.05, 4.69) is 20.7 Å². The number of amides is 1. The van der Waals surface area contributed by atoms with E-state index < -0.39 is 10.0 Å². The van der Waals surface area contributed by atoms with Gasteiger partial charge in [0.25, 0.3) is 10.0 Å². The van der Waals surface area contributed by atoms with E-state index in [-0.39, 0.29) is 10.8 Å². The van der Waals surface area contributed by atoms with E-state index in [9.17, 15) is 13.2 Å². The average Bonchev–Trinajstić information content (AvgIpc) is 2.92. The molecular weight excluding hydrogens is 404 g/mol. The van der Waals surface area contributed by atoms with E-state index in [0.717, 1.165) is 23.1 Å². The lowest BCUT2D eigenvalue weighted by atomic mass is 10.1. The first kappa shape index (κ1) is 17.9. The molecule has 1 amide bonds. The molecule has 1 aliphatic rings. The molecule has 0 saturated heterocycles. The predicted octanol–water partition coefficient (Wildman–Crippen LogP) is 3.78. The van der Waals surface area contributed by atoms with Crippen LogP contribution in [0.2, 0.25) is 0 Å². The fourth-order valence-corrected chi connectivity index (χ4v) is 5.29. The van der Waals surface area contributed by atoms with Crippen molar-refractivity contribution in [3.63, 3.8) is 0 Å². The SMILES string of the molecule is CC(=O)N1CCc2cc(Br)c(S(=O)(=O)Nc3ccc(C)cc3C)cc21. The Morgan fingerprint density at radius 2 is 1.92 bits per heavy atom. The molecule has 0 aliphatic carbocycles. The van der Waals surface area contributed by atoms with Gasteiger partial charge < -0.3 is 4.90 Å². The lowest BCUT2D eigenvalue weighted by Crippen LogP contribution is -2.26. The summed E-state index contributed by atoms with van der Waals surface area (Å²) in [5.41, 5.74) is 4.09. The molecule has 0 fully saturated rings. The molecule has 1 N–H and O–H groups in total. The number of rotatable bonds is 3. The maximum absolute atomic E-state index is 12.9. The second kappa shape index (κ2) is 6.46. The zero-order valence-electron chi connectivity index (χ0n) is 14.3. The smallest absolute Gasteiger partial charge is 0.263 e. The van der Waals surface area contributed by atoms with Gasteiger partial charge in [-0.1, -0.05) is 17.7 Å². The van der Waals surface area contributed by atoms with Gasteiger partial charge in [-0.15, -0.1) is 0 Å².